The molecule has 0 saturated carbocycles. The second kappa shape index (κ2) is 7.66. The van der Waals surface area contributed by atoms with Crippen LogP contribution in [0.2, 0.25) is 0 Å². The highest BCUT2D eigenvalue weighted by Gasteiger charge is 2.21. The number of carbonyl (C=O) groups is 1. The monoisotopic (exact) mass is 332 g/mol. The third-order valence-electron chi connectivity index (χ3n) is 3.87. The number of piperidine rings is 1. The van der Waals surface area contributed by atoms with Gasteiger partial charge < -0.3 is 14.4 Å². The van der Waals surface area contributed by atoms with E-state index in [2.05, 4.69) is 4.98 Å². The topological polar surface area (TPSA) is 66.6 Å². The van der Waals surface area contributed by atoms with E-state index in [9.17, 15) is 9.90 Å². The van der Waals surface area contributed by atoms with Gasteiger partial charge in [-0.25, -0.2) is 4.98 Å². The van der Waals surface area contributed by atoms with Crippen molar-refractivity contribution < 1.29 is 14.3 Å². The highest BCUT2D eigenvalue weighted by molar-refractivity contribution is 7.99. The molecule has 1 fully saturated rings. The number of carbonyl (C=O) groups excluding carboxylic acids is 1. The zero-order valence-corrected chi connectivity index (χ0v) is 13.7. The van der Waals surface area contributed by atoms with Crippen molar-refractivity contribution in [1.29, 1.82) is 0 Å². The first kappa shape index (κ1) is 16.1. The van der Waals surface area contributed by atoms with Gasteiger partial charge in [0.25, 0.3) is 0 Å². The first-order chi connectivity index (χ1) is 11.2. The summed E-state index contributed by atoms with van der Waals surface area (Å²) in [7, 11) is 0. The number of likely N-dealkylation sites (tertiary alicyclic amines) is 1. The van der Waals surface area contributed by atoms with Gasteiger partial charge in [-0.2, -0.15) is 0 Å². The molecular formula is C17H20N2O3S. The van der Waals surface area contributed by atoms with E-state index < -0.39 is 0 Å². The molecule has 6 heteroatoms. The van der Waals surface area contributed by atoms with E-state index >= 15 is 0 Å². The predicted octanol–water partition coefficient (Wildman–Crippen LogP) is 2.56. The van der Waals surface area contributed by atoms with Crippen LogP contribution in [0.15, 0.2) is 41.0 Å². The maximum atomic E-state index is 12.1. The Kier molecular flexibility index (Phi) is 5.35. The van der Waals surface area contributed by atoms with Crippen molar-refractivity contribution in [2.45, 2.75) is 24.7 Å². The highest BCUT2D eigenvalue weighted by Crippen LogP contribution is 2.21. The fraction of sp³-hybridized carbons (Fsp3) is 0.412. The number of hydrogen-bond acceptors (Lipinski definition) is 5. The average Bonchev–Trinajstić information content (AvgIpc) is 3.05. The number of aliphatic hydroxyl groups is 1. The number of nitrogens with zero attached hydrogens (tertiary/aromatic N) is 2. The molecule has 2 heterocycles. The van der Waals surface area contributed by atoms with Gasteiger partial charge in [0.05, 0.1) is 17.6 Å². The fourth-order valence-corrected chi connectivity index (χ4v) is 3.34. The van der Waals surface area contributed by atoms with Gasteiger partial charge in [-0.05, 0) is 25.0 Å². The van der Waals surface area contributed by atoms with Crippen LogP contribution in [0.4, 0.5) is 0 Å². The van der Waals surface area contributed by atoms with E-state index in [1.807, 2.05) is 35.2 Å². The van der Waals surface area contributed by atoms with Crippen LogP contribution in [-0.2, 0) is 10.5 Å². The maximum Gasteiger partial charge on any atom is 0.232 e. The Morgan fingerprint density at radius 1 is 1.30 bits per heavy atom. The maximum absolute atomic E-state index is 12.1. The van der Waals surface area contributed by atoms with Crippen LogP contribution in [0.3, 0.4) is 0 Å². The first-order valence-electron chi connectivity index (χ1n) is 7.76. The third-order valence-corrected chi connectivity index (χ3v) is 4.82. The molecule has 0 bridgehead atoms. The Morgan fingerprint density at radius 3 is 2.78 bits per heavy atom. The molecule has 1 aromatic heterocycles. The summed E-state index contributed by atoms with van der Waals surface area (Å²) in [5.74, 6) is 1.83. The molecule has 0 spiro atoms. The smallest absolute Gasteiger partial charge is 0.232 e. The molecule has 1 aromatic carbocycles. The zero-order valence-electron chi connectivity index (χ0n) is 12.9. The summed E-state index contributed by atoms with van der Waals surface area (Å²) in [4.78, 5) is 18.4. The van der Waals surface area contributed by atoms with E-state index in [1.165, 1.54) is 0 Å². The molecule has 0 unspecified atom stereocenters. The standard InChI is InChI=1S/C17H20N2O3S/c20-15-6-8-19(9-7-15)16(21)12-23-11-14-10-22-17(18-14)13-4-2-1-3-5-13/h1-5,10,15,20H,6-9,11-12H2. The quantitative estimate of drug-likeness (QED) is 0.911. The minimum atomic E-state index is -0.252. The van der Waals surface area contributed by atoms with Gasteiger partial charge in [-0.15, -0.1) is 11.8 Å². The molecule has 5 nitrogen and oxygen atoms in total. The zero-order chi connectivity index (χ0) is 16.1. The Labute approximate surface area is 139 Å². The summed E-state index contributed by atoms with van der Waals surface area (Å²) in [5.41, 5.74) is 1.79. The van der Waals surface area contributed by atoms with Crippen molar-refractivity contribution in [2.24, 2.45) is 0 Å². The van der Waals surface area contributed by atoms with Gasteiger partial charge in [-0.1, -0.05) is 18.2 Å². The average molecular weight is 332 g/mol. The lowest BCUT2D eigenvalue weighted by atomic mass is 10.1. The highest BCUT2D eigenvalue weighted by atomic mass is 32.2. The van der Waals surface area contributed by atoms with Crippen LogP contribution in [0.1, 0.15) is 18.5 Å². The molecule has 1 amide bonds. The van der Waals surface area contributed by atoms with Crippen LogP contribution in [0.25, 0.3) is 11.5 Å². The second-order valence-corrected chi connectivity index (χ2v) is 6.60. The van der Waals surface area contributed by atoms with E-state index in [0.717, 1.165) is 11.3 Å². The normalized spacial score (nSPS) is 15.8. The van der Waals surface area contributed by atoms with Crippen LogP contribution < -0.4 is 0 Å². The van der Waals surface area contributed by atoms with Crippen LogP contribution in [0, 0.1) is 0 Å². The summed E-state index contributed by atoms with van der Waals surface area (Å²) < 4.78 is 5.49. The van der Waals surface area contributed by atoms with E-state index in [4.69, 9.17) is 4.42 Å². The molecule has 0 radical (unpaired) electrons. The molecular weight excluding hydrogens is 312 g/mol. The summed E-state index contributed by atoms with van der Waals surface area (Å²) in [5, 5.41) is 9.47. The lowest BCUT2D eigenvalue weighted by Crippen LogP contribution is -2.40. The number of aliphatic hydroxyl groups excluding tert-OH is 1. The van der Waals surface area contributed by atoms with E-state index in [-0.39, 0.29) is 12.0 Å². The second-order valence-electron chi connectivity index (χ2n) is 5.61. The Hall–Kier alpha value is -1.79. The summed E-state index contributed by atoms with van der Waals surface area (Å²) in [6.07, 6.45) is 2.76. The summed E-state index contributed by atoms with van der Waals surface area (Å²) >= 11 is 1.54. The minimum Gasteiger partial charge on any atom is -0.444 e. The SMILES string of the molecule is O=C(CSCc1coc(-c2ccccc2)n1)N1CCC(O)CC1. The van der Waals surface area contributed by atoms with Gasteiger partial charge >= 0.3 is 0 Å². The van der Waals surface area contributed by atoms with Crippen molar-refractivity contribution in [3.63, 3.8) is 0 Å². The fourth-order valence-electron chi connectivity index (χ4n) is 2.54. The van der Waals surface area contributed by atoms with Gasteiger partial charge in [0, 0.05) is 24.4 Å². The van der Waals surface area contributed by atoms with Crippen LogP contribution in [0.5, 0.6) is 0 Å². The van der Waals surface area contributed by atoms with Crippen molar-refractivity contribution >= 4 is 17.7 Å². The summed E-state index contributed by atoms with van der Waals surface area (Å²) in [6, 6.07) is 9.76. The molecule has 1 aliphatic heterocycles. The predicted molar refractivity (Wildman–Crippen MR) is 89.9 cm³/mol. The number of oxazole rings is 1. The molecule has 1 aliphatic rings. The molecule has 3 rings (SSSR count). The lowest BCUT2D eigenvalue weighted by Gasteiger charge is -2.29. The minimum absolute atomic E-state index is 0.133. The van der Waals surface area contributed by atoms with Gasteiger partial charge in [0.15, 0.2) is 0 Å². The van der Waals surface area contributed by atoms with E-state index in [1.54, 1.807) is 18.0 Å². The molecule has 23 heavy (non-hydrogen) atoms. The van der Waals surface area contributed by atoms with Crippen molar-refractivity contribution in [3.8, 4) is 11.5 Å². The van der Waals surface area contributed by atoms with Crippen molar-refractivity contribution in [1.82, 2.24) is 9.88 Å². The van der Waals surface area contributed by atoms with Crippen molar-refractivity contribution in [3.05, 3.63) is 42.3 Å². The number of rotatable bonds is 5. The van der Waals surface area contributed by atoms with Crippen LogP contribution in [-0.4, -0.2) is 45.8 Å². The lowest BCUT2D eigenvalue weighted by molar-refractivity contribution is -0.130. The third kappa shape index (κ3) is 4.36. The molecule has 1 N–H and O–H groups in total. The summed E-state index contributed by atoms with van der Waals surface area (Å²) in [6.45, 7) is 1.31. The molecule has 0 aliphatic carbocycles. The number of amides is 1. The van der Waals surface area contributed by atoms with E-state index in [0.29, 0.717) is 43.3 Å². The van der Waals surface area contributed by atoms with Gasteiger partial charge in [-0.3, -0.25) is 4.79 Å². The molecule has 1 saturated heterocycles. The number of benzene rings is 1. The number of thioether (sulfide) groups is 1. The number of hydrogen-bond donors (Lipinski definition) is 1. The molecule has 2 aromatic rings. The first-order valence-corrected chi connectivity index (χ1v) is 8.91. The Morgan fingerprint density at radius 2 is 2.04 bits per heavy atom. The van der Waals surface area contributed by atoms with Crippen molar-refractivity contribution in [2.75, 3.05) is 18.8 Å². The molecule has 122 valence electrons. The van der Waals surface area contributed by atoms with Crippen LogP contribution >= 0.6 is 11.8 Å². The Balaban J connectivity index is 1.46. The Bertz CT molecular complexity index is 636. The number of aromatic nitrogens is 1. The van der Waals surface area contributed by atoms with Gasteiger partial charge in [0.2, 0.25) is 11.8 Å². The van der Waals surface area contributed by atoms with Gasteiger partial charge in [0.1, 0.15) is 6.26 Å². The largest absolute Gasteiger partial charge is 0.444 e. The molecule has 0 atom stereocenters.